The van der Waals surface area contributed by atoms with Gasteiger partial charge in [-0.05, 0) is 116 Å². The Morgan fingerprint density at radius 2 is 0.744 bits per heavy atom. The number of nitrogens with zero attached hydrogens (tertiary/aromatic N) is 1. The van der Waals surface area contributed by atoms with Gasteiger partial charge in [0.05, 0.1) is 39.9 Å². The number of carbonyl (C=O) groups is 1. The second-order valence-corrected chi connectivity index (χ2v) is 24.5. The van der Waals surface area contributed by atoms with Crippen LogP contribution in [0.2, 0.25) is 0 Å². The molecule has 0 aromatic heterocycles. The molecule has 0 saturated heterocycles. The summed E-state index contributed by atoms with van der Waals surface area (Å²) in [6, 6.07) is -0.882. The van der Waals surface area contributed by atoms with Gasteiger partial charge in [-0.1, -0.05) is 282 Å². The SMILES string of the molecule is CC/C=C\C/C=C\C/C=C\C/C=C\C/C=C\C/C=C\C/C=C\C/C=C\C/C=C\CCCCCCCCCCCCCC(=O)NC(COP(=O)(O)OCC[N+](C)(C)C)C(O)/C=C/CC/C=C/CC/C=C/CCCCCCCCCCCCC. The lowest BCUT2D eigenvalue weighted by Gasteiger charge is -2.25. The van der Waals surface area contributed by atoms with Crippen LogP contribution in [0, 0.1) is 0 Å². The fraction of sp³-hybridized carbons (Fsp3) is 0.658. The number of allylic oxidation sites excluding steroid dienone is 23. The van der Waals surface area contributed by atoms with Crippen LogP contribution in [0.3, 0.4) is 0 Å². The van der Waals surface area contributed by atoms with Gasteiger partial charge in [0.15, 0.2) is 0 Å². The summed E-state index contributed by atoms with van der Waals surface area (Å²) >= 11 is 0. The molecule has 1 amide bonds. The zero-order valence-corrected chi connectivity index (χ0v) is 54.3. The number of unbranched alkanes of at least 4 members (excludes halogenated alkanes) is 24. The maximum absolute atomic E-state index is 13.0. The van der Waals surface area contributed by atoms with Crippen LogP contribution in [-0.4, -0.2) is 73.4 Å². The summed E-state index contributed by atoms with van der Waals surface area (Å²) in [7, 11) is 1.53. The van der Waals surface area contributed by atoms with Gasteiger partial charge in [-0.3, -0.25) is 13.8 Å². The Morgan fingerprint density at radius 3 is 1.12 bits per heavy atom. The molecule has 0 aromatic carbocycles. The number of rotatable bonds is 59. The number of phosphoric ester groups is 1. The molecule has 9 heteroatoms. The summed E-state index contributed by atoms with van der Waals surface area (Å²) in [5, 5.41) is 13.9. The van der Waals surface area contributed by atoms with E-state index in [1.54, 1.807) is 6.08 Å². The molecule has 0 saturated carbocycles. The highest BCUT2D eigenvalue weighted by atomic mass is 31.2. The summed E-state index contributed by atoms with van der Waals surface area (Å²) in [6.07, 6.45) is 95.5. The van der Waals surface area contributed by atoms with E-state index in [1.807, 2.05) is 27.2 Å². The summed E-state index contributed by atoms with van der Waals surface area (Å²) in [5.74, 6) is -0.199. The van der Waals surface area contributed by atoms with E-state index >= 15 is 0 Å². The normalized spacial score (nSPS) is 14.7. The Balaban J connectivity index is 4.17. The number of carbonyl (C=O) groups excluding carboxylic acids is 1. The predicted molar refractivity (Wildman–Crippen MR) is 359 cm³/mol. The summed E-state index contributed by atoms with van der Waals surface area (Å²) in [6.45, 7) is 4.67. The number of likely N-dealkylation sites (N-methyl/N-ethyl adjacent to an activating group) is 1. The van der Waals surface area contributed by atoms with Gasteiger partial charge in [-0.15, -0.1) is 0 Å². The van der Waals surface area contributed by atoms with Crippen molar-refractivity contribution in [2.24, 2.45) is 0 Å². The first-order chi connectivity index (χ1) is 40.0. The molecular weight excluding hydrogens is 1030 g/mol. The van der Waals surface area contributed by atoms with Gasteiger partial charge < -0.3 is 19.8 Å². The van der Waals surface area contributed by atoms with Crippen LogP contribution in [0.5, 0.6) is 0 Å². The molecule has 0 aliphatic carbocycles. The van der Waals surface area contributed by atoms with Crippen LogP contribution in [0.15, 0.2) is 146 Å². The van der Waals surface area contributed by atoms with Crippen molar-refractivity contribution in [1.29, 1.82) is 0 Å². The molecule has 0 fully saturated rings. The van der Waals surface area contributed by atoms with E-state index in [4.69, 9.17) is 9.05 Å². The Morgan fingerprint density at radius 1 is 0.427 bits per heavy atom. The fourth-order valence-electron chi connectivity index (χ4n) is 8.89. The van der Waals surface area contributed by atoms with Gasteiger partial charge in [0.25, 0.3) is 0 Å². The Kier molecular flexibility index (Phi) is 59.2. The first-order valence-corrected chi connectivity index (χ1v) is 34.7. The zero-order chi connectivity index (χ0) is 59.8. The third kappa shape index (κ3) is 64.0. The molecule has 0 aliphatic heterocycles. The highest BCUT2D eigenvalue weighted by Gasteiger charge is 2.27. The maximum atomic E-state index is 13.0. The number of aliphatic hydroxyl groups is 1. The molecule has 0 bridgehead atoms. The zero-order valence-electron chi connectivity index (χ0n) is 53.4. The topological polar surface area (TPSA) is 105 Å². The number of hydrogen-bond acceptors (Lipinski definition) is 5. The van der Waals surface area contributed by atoms with Crippen molar-refractivity contribution in [3.63, 3.8) is 0 Å². The molecule has 8 nitrogen and oxygen atoms in total. The number of nitrogens with one attached hydrogen (secondary N) is 1. The van der Waals surface area contributed by atoms with Crippen molar-refractivity contribution in [2.45, 2.75) is 270 Å². The van der Waals surface area contributed by atoms with Crippen LogP contribution in [0.1, 0.15) is 258 Å². The average Bonchev–Trinajstić information content (AvgIpc) is 3.46. The molecule has 3 unspecified atom stereocenters. The van der Waals surface area contributed by atoms with Crippen LogP contribution in [0.25, 0.3) is 0 Å². The largest absolute Gasteiger partial charge is 0.472 e. The van der Waals surface area contributed by atoms with E-state index in [0.717, 1.165) is 109 Å². The van der Waals surface area contributed by atoms with Gasteiger partial charge in [0.1, 0.15) is 13.2 Å². The molecule has 0 radical (unpaired) electrons. The highest BCUT2D eigenvalue weighted by molar-refractivity contribution is 7.47. The van der Waals surface area contributed by atoms with E-state index in [2.05, 4.69) is 153 Å². The highest BCUT2D eigenvalue weighted by Crippen LogP contribution is 2.43. The minimum absolute atomic E-state index is 0.0464. The fourth-order valence-corrected chi connectivity index (χ4v) is 9.63. The van der Waals surface area contributed by atoms with E-state index < -0.39 is 20.0 Å². The molecule has 3 N–H and O–H groups in total. The average molecular weight is 1160 g/mol. The molecule has 468 valence electrons. The molecule has 3 atom stereocenters. The molecule has 0 aliphatic rings. The standard InChI is InChI=1S/C73H125N2O6P/c1-6-8-10-12-14-16-18-20-22-24-26-28-29-30-31-32-33-34-35-36-37-38-39-40-41-42-43-44-45-47-49-51-53-55-57-59-61-63-65-67-73(77)74-71(70-81-82(78,79)80-69-68-75(3,4)5)72(76)66-64-62-60-58-56-54-52-50-48-46-27-25-23-21-19-17-15-13-11-9-7-2/h8,10,14,16,20,22,26,28,30-31,33-34,36-37,39-40,42-43,48,50,56,58,64,66,71-72,76H,6-7,9,11-13,15,17-19,21,23-25,27,29,32,35,38,41,44-47,49,51-55,57,59-63,65,67-70H2,1-5H3,(H-,74,77,78,79)/p+1/b10-8-,16-14-,22-20-,28-26-,31-30-,34-33-,37-36-,40-39-,43-42-,50-48+,58-56+,66-64+. The van der Waals surface area contributed by atoms with Crippen molar-refractivity contribution in [3.8, 4) is 0 Å². The van der Waals surface area contributed by atoms with Crippen LogP contribution < -0.4 is 5.32 Å². The minimum atomic E-state index is -4.37. The summed E-state index contributed by atoms with van der Waals surface area (Å²) < 4.78 is 23.7. The van der Waals surface area contributed by atoms with Crippen LogP contribution in [-0.2, 0) is 18.4 Å². The molecule has 0 heterocycles. The van der Waals surface area contributed by atoms with E-state index in [-0.39, 0.29) is 19.1 Å². The minimum Gasteiger partial charge on any atom is -0.387 e. The van der Waals surface area contributed by atoms with Crippen molar-refractivity contribution in [3.05, 3.63) is 146 Å². The summed E-state index contributed by atoms with van der Waals surface area (Å²) in [5.41, 5.74) is 0. The quantitative estimate of drug-likeness (QED) is 0.0243. The Labute approximate surface area is 506 Å². The second-order valence-electron chi connectivity index (χ2n) is 23.1. The molecule has 0 spiro atoms. The van der Waals surface area contributed by atoms with Crippen molar-refractivity contribution in [1.82, 2.24) is 5.32 Å². The van der Waals surface area contributed by atoms with Gasteiger partial charge in [-0.2, -0.15) is 0 Å². The van der Waals surface area contributed by atoms with Crippen molar-refractivity contribution < 1.29 is 32.9 Å². The number of amides is 1. The van der Waals surface area contributed by atoms with Gasteiger partial charge in [0.2, 0.25) is 5.91 Å². The predicted octanol–water partition coefficient (Wildman–Crippen LogP) is 21.2. The molecule has 0 aromatic rings. The van der Waals surface area contributed by atoms with Crippen LogP contribution in [0.4, 0.5) is 0 Å². The van der Waals surface area contributed by atoms with Crippen LogP contribution >= 0.6 is 7.82 Å². The van der Waals surface area contributed by atoms with Gasteiger partial charge in [0, 0.05) is 6.42 Å². The van der Waals surface area contributed by atoms with Crippen molar-refractivity contribution >= 4 is 13.7 Å². The van der Waals surface area contributed by atoms with E-state index in [9.17, 15) is 19.4 Å². The molecule has 82 heavy (non-hydrogen) atoms. The molecular formula is C73H126N2O6P+. The second kappa shape index (κ2) is 61.9. The van der Waals surface area contributed by atoms with Crippen molar-refractivity contribution in [2.75, 3.05) is 40.9 Å². The van der Waals surface area contributed by atoms with E-state index in [0.29, 0.717) is 17.4 Å². The lowest BCUT2D eigenvalue weighted by atomic mass is 10.0. The lowest BCUT2D eigenvalue weighted by molar-refractivity contribution is -0.870. The van der Waals surface area contributed by atoms with Gasteiger partial charge >= 0.3 is 7.82 Å². The first-order valence-electron chi connectivity index (χ1n) is 33.2. The van der Waals surface area contributed by atoms with Gasteiger partial charge in [-0.25, -0.2) is 4.57 Å². The number of hydrogen-bond donors (Lipinski definition) is 3. The number of aliphatic hydroxyl groups excluding tert-OH is 1. The Hall–Kier alpha value is -3.62. The Bertz CT molecular complexity index is 1840. The monoisotopic (exact) mass is 1160 g/mol. The molecule has 0 rings (SSSR count). The number of quaternary nitrogens is 1. The smallest absolute Gasteiger partial charge is 0.387 e. The third-order valence-corrected chi connectivity index (χ3v) is 15.0. The summed E-state index contributed by atoms with van der Waals surface area (Å²) in [4.78, 5) is 23.4. The number of phosphoric acid groups is 1. The van der Waals surface area contributed by atoms with E-state index in [1.165, 1.54) is 128 Å². The lowest BCUT2D eigenvalue weighted by Crippen LogP contribution is -2.45. The third-order valence-electron chi connectivity index (χ3n) is 14.0. The first kappa shape index (κ1) is 78.4. The maximum Gasteiger partial charge on any atom is 0.472 e.